The van der Waals surface area contributed by atoms with Crippen molar-refractivity contribution in [1.29, 1.82) is 0 Å². The lowest BCUT2D eigenvalue weighted by Gasteiger charge is -2.37. The van der Waals surface area contributed by atoms with Crippen LogP contribution in [0.2, 0.25) is 0 Å². The van der Waals surface area contributed by atoms with Gasteiger partial charge in [0.1, 0.15) is 6.33 Å². The van der Waals surface area contributed by atoms with Crippen LogP contribution in [0.4, 0.5) is 27.6 Å². The third-order valence-electron chi connectivity index (χ3n) is 4.47. The van der Waals surface area contributed by atoms with Crippen molar-refractivity contribution >= 4 is 16.6 Å². The maximum absolute atomic E-state index is 12.5. The average Bonchev–Trinajstić information content (AvgIpc) is 2.65. The van der Waals surface area contributed by atoms with Crippen LogP contribution in [-0.4, -0.2) is 78.0 Å². The van der Waals surface area contributed by atoms with Gasteiger partial charge >= 0.3 is 6.18 Å². The summed E-state index contributed by atoms with van der Waals surface area (Å²) in [5.74, 6) is 0.0547. The molecule has 0 amide bonds. The van der Waals surface area contributed by atoms with E-state index in [-0.39, 0.29) is 5.88 Å². The molecule has 6 nitrogen and oxygen atoms in total. The Morgan fingerprint density at radius 3 is 2.46 bits per heavy atom. The van der Waals surface area contributed by atoms with Gasteiger partial charge in [-0.1, -0.05) is 0 Å². The summed E-state index contributed by atoms with van der Waals surface area (Å²) in [5.41, 5.74) is 1.30. The number of hydrogen-bond donors (Lipinski definition) is 1. The first-order valence-corrected chi connectivity index (χ1v) is 8.62. The van der Waals surface area contributed by atoms with E-state index in [4.69, 9.17) is 4.74 Å². The molecule has 3 rings (SSSR count). The lowest BCUT2D eigenvalue weighted by molar-refractivity contribution is -0.208. The Bertz CT molecular complexity index is 797. The predicted octanol–water partition coefficient (Wildman–Crippen LogP) is 2.32. The normalized spacial score (nSPS) is 17.3. The number of hydrogen-bond acceptors (Lipinski definition) is 6. The number of aromatic nitrogens is 2. The first kappa shape index (κ1) is 20.5. The van der Waals surface area contributed by atoms with Gasteiger partial charge in [0.05, 0.1) is 10.9 Å². The van der Waals surface area contributed by atoms with Crippen LogP contribution < -0.4 is 9.64 Å². The van der Waals surface area contributed by atoms with Crippen molar-refractivity contribution in [2.45, 2.75) is 18.7 Å². The zero-order valence-electron chi connectivity index (χ0n) is 14.7. The second-order valence-corrected chi connectivity index (χ2v) is 6.43. The average molecular weight is 406 g/mol. The second kappa shape index (κ2) is 8.39. The maximum atomic E-state index is 12.5. The minimum Gasteiger partial charge on any atom is -0.471 e. The zero-order chi connectivity index (χ0) is 20.3. The maximum Gasteiger partial charge on any atom is 0.415 e. The highest BCUT2D eigenvalue weighted by Crippen LogP contribution is 2.28. The van der Waals surface area contributed by atoms with Gasteiger partial charge in [0.25, 0.3) is 6.43 Å². The van der Waals surface area contributed by atoms with E-state index in [1.807, 2.05) is 4.90 Å². The van der Waals surface area contributed by atoms with E-state index in [0.717, 1.165) is 5.69 Å². The fourth-order valence-electron chi connectivity index (χ4n) is 3.01. The zero-order valence-corrected chi connectivity index (χ0v) is 14.7. The topological polar surface area (TPSA) is 61.7 Å². The highest BCUT2D eigenvalue weighted by Gasteiger charge is 2.39. The minimum atomic E-state index is -4.63. The number of ether oxygens (including phenoxy) is 1. The van der Waals surface area contributed by atoms with Gasteiger partial charge in [0, 0.05) is 38.4 Å². The molecule has 1 atom stereocenters. The lowest BCUT2D eigenvalue weighted by Crippen LogP contribution is -2.50. The summed E-state index contributed by atoms with van der Waals surface area (Å²) in [6.07, 6.45) is -8.41. The molecule has 0 spiro atoms. The first-order chi connectivity index (χ1) is 13.2. The summed E-state index contributed by atoms with van der Waals surface area (Å²) < 4.78 is 67.4. The van der Waals surface area contributed by atoms with E-state index in [9.17, 15) is 27.1 Å². The number of rotatable bonds is 6. The summed E-state index contributed by atoms with van der Waals surface area (Å²) in [5, 5.41) is 9.68. The van der Waals surface area contributed by atoms with Crippen molar-refractivity contribution in [1.82, 2.24) is 14.9 Å². The molecule has 0 saturated carbocycles. The van der Waals surface area contributed by atoms with Crippen molar-refractivity contribution in [3.63, 3.8) is 0 Å². The molecule has 1 aliphatic rings. The van der Waals surface area contributed by atoms with Crippen LogP contribution in [0.25, 0.3) is 10.9 Å². The van der Waals surface area contributed by atoms with E-state index >= 15 is 0 Å². The quantitative estimate of drug-likeness (QED) is 0.743. The van der Waals surface area contributed by atoms with Crippen molar-refractivity contribution in [2.24, 2.45) is 0 Å². The number of anilines is 1. The summed E-state index contributed by atoms with van der Waals surface area (Å²) in [7, 11) is 0. The molecular weight excluding hydrogens is 387 g/mol. The monoisotopic (exact) mass is 406 g/mol. The molecule has 1 aromatic carbocycles. The predicted molar refractivity (Wildman–Crippen MR) is 91.8 cm³/mol. The van der Waals surface area contributed by atoms with Gasteiger partial charge < -0.3 is 14.7 Å². The number of aliphatic hydroxyl groups is 1. The molecule has 1 N–H and O–H groups in total. The van der Waals surface area contributed by atoms with E-state index in [1.54, 1.807) is 23.1 Å². The lowest BCUT2D eigenvalue weighted by atomic mass is 10.1. The van der Waals surface area contributed by atoms with E-state index in [0.29, 0.717) is 37.1 Å². The molecule has 0 aliphatic carbocycles. The molecule has 1 aliphatic heterocycles. The van der Waals surface area contributed by atoms with E-state index in [2.05, 4.69) is 9.97 Å². The van der Waals surface area contributed by atoms with Crippen LogP contribution in [0.15, 0.2) is 24.5 Å². The highest BCUT2D eigenvalue weighted by molar-refractivity contribution is 5.86. The van der Waals surface area contributed by atoms with Crippen molar-refractivity contribution in [2.75, 3.05) is 44.2 Å². The molecule has 2 aromatic rings. The van der Waals surface area contributed by atoms with Crippen LogP contribution >= 0.6 is 0 Å². The van der Waals surface area contributed by atoms with Gasteiger partial charge in [0.15, 0.2) is 12.7 Å². The van der Waals surface area contributed by atoms with E-state index in [1.165, 1.54) is 6.33 Å². The number of fused-ring (bicyclic) bond motifs is 1. The third kappa shape index (κ3) is 4.96. The van der Waals surface area contributed by atoms with Gasteiger partial charge in [-0.15, -0.1) is 0 Å². The molecule has 2 heterocycles. The summed E-state index contributed by atoms with van der Waals surface area (Å²) in [6, 6.07) is 5.23. The summed E-state index contributed by atoms with van der Waals surface area (Å²) in [4.78, 5) is 11.5. The Labute approximate surface area is 157 Å². The summed E-state index contributed by atoms with van der Waals surface area (Å²) in [6.45, 7) is 0.371. The molecule has 0 bridgehead atoms. The molecule has 28 heavy (non-hydrogen) atoms. The van der Waals surface area contributed by atoms with Crippen LogP contribution in [-0.2, 0) is 0 Å². The van der Waals surface area contributed by atoms with Gasteiger partial charge in [-0.3, -0.25) is 4.90 Å². The van der Waals surface area contributed by atoms with Crippen molar-refractivity contribution in [3.8, 4) is 5.88 Å². The Morgan fingerprint density at radius 2 is 1.82 bits per heavy atom. The number of aliphatic hydroxyl groups excluding tert-OH is 1. The van der Waals surface area contributed by atoms with Gasteiger partial charge in [-0.05, 0) is 18.2 Å². The SMILES string of the molecule is OC(CN1CCN(c2ccc3ncnc(OCC(F)F)c3c2)CC1)C(F)(F)F. The van der Waals surface area contributed by atoms with Crippen LogP contribution in [0.3, 0.4) is 0 Å². The molecule has 1 fully saturated rings. The Balaban J connectivity index is 1.68. The fourth-order valence-corrected chi connectivity index (χ4v) is 3.01. The largest absolute Gasteiger partial charge is 0.471 e. The Morgan fingerprint density at radius 1 is 1.11 bits per heavy atom. The molecule has 0 radical (unpaired) electrons. The number of alkyl halides is 5. The molecule has 154 valence electrons. The van der Waals surface area contributed by atoms with E-state index < -0.39 is 31.9 Å². The minimum absolute atomic E-state index is 0.0547. The van der Waals surface area contributed by atoms with Crippen LogP contribution in [0.5, 0.6) is 5.88 Å². The number of β-amino-alcohol motifs (C(OH)–C–C–N with tert-alkyl or cyclic N) is 1. The number of nitrogens with zero attached hydrogens (tertiary/aromatic N) is 4. The smallest absolute Gasteiger partial charge is 0.415 e. The number of piperazine rings is 1. The third-order valence-corrected chi connectivity index (χ3v) is 4.47. The second-order valence-electron chi connectivity index (χ2n) is 6.43. The first-order valence-electron chi connectivity index (χ1n) is 8.62. The van der Waals surface area contributed by atoms with Crippen LogP contribution in [0.1, 0.15) is 0 Å². The number of benzene rings is 1. The molecule has 1 aromatic heterocycles. The van der Waals surface area contributed by atoms with Crippen LogP contribution in [0, 0.1) is 0 Å². The standard InChI is InChI=1S/C17H19F5N4O2/c18-15(19)9-28-16-12-7-11(1-2-13(12)23-10-24-16)26-5-3-25(4-6-26)8-14(27)17(20,21)22/h1-2,7,10,14-15,27H,3-6,8-9H2. The molecule has 1 unspecified atom stereocenters. The van der Waals surface area contributed by atoms with Gasteiger partial charge in [0.2, 0.25) is 5.88 Å². The highest BCUT2D eigenvalue weighted by atomic mass is 19.4. The van der Waals surface area contributed by atoms with Crippen molar-refractivity contribution < 1.29 is 31.8 Å². The Hall–Kier alpha value is -2.27. The molecule has 1 saturated heterocycles. The number of halogens is 5. The van der Waals surface area contributed by atoms with Crippen molar-refractivity contribution in [3.05, 3.63) is 24.5 Å². The van der Waals surface area contributed by atoms with Gasteiger partial charge in [-0.25, -0.2) is 18.7 Å². The van der Waals surface area contributed by atoms with Gasteiger partial charge in [-0.2, -0.15) is 13.2 Å². The Kier molecular flexibility index (Phi) is 6.14. The molecular formula is C17H19F5N4O2. The fraction of sp³-hybridized carbons (Fsp3) is 0.529. The summed E-state index contributed by atoms with van der Waals surface area (Å²) >= 11 is 0. The molecule has 11 heteroatoms.